The highest BCUT2D eigenvalue weighted by molar-refractivity contribution is 14.1. The Kier molecular flexibility index (Phi) is 2.71. The monoisotopic (exact) mass is 250 g/mol. The molecule has 1 aromatic rings. The Morgan fingerprint density at radius 3 is 2.80 bits per heavy atom. The molecule has 3 heteroatoms. The third kappa shape index (κ3) is 2.28. The summed E-state index contributed by atoms with van der Waals surface area (Å²) in [6.07, 6.45) is 3.93. The highest BCUT2D eigenvalue weighted by atomic mass is 127. The lowest BCUT2D eigenvalue weighted by molar-refractivity contribution is 0.522. The molecular weight excluding hydrogens is 239 g/mol. The quantitative estimate of drug-likeness (QED) is 0.735. The van der Waals surface area contributed by atoms with E-state index >= 15 is 0 Å². The van der Waals surface area contributed by atoms with Crippen molar-refractivity contribution in [3.05, 3.63) is 16.2 Å². The third-order valence-electron chi connectivity index (χ3n) is 1.18. The standard InChI is InChI=1S/C7H11IN2/c1-6(2)3-10-4-7(8)9-5-10/h4-6H,3H2,1-2H3. The lowest BCUT2D eigenvalue weighted by atomic mass is 10.2. The van der Waals surface area contributed by atoms with E-state index in [1.54, 1.807) is 0 Å². The second-order valence-corrected chi connectivity index (χ2v) is 3.89. The Morgan fingerprint density at radius 2 is 2.40 bits per heavy atom. The van der Waals surface area contributed by atoms with Crippen molar-refractivity contribution < 1.29 is 0 Å². The van der Waals surface area contributed by atoms with Crippen LogP contribution < -0.4 is 0 Å². The molecule has 0 aromatic carbocycles. The molecule has 0 N–H and O–H groups in total. The van der Waals surface area contributed by atoms with Crippen LogP contribution in [0.1, 0.15) is 13.8 Å². The van der Waals surface area contributed by atoms with E-state index in [2.05, 4.69) is 52.2 Å². The first kappa shape index (κ1) is 8.04. The molecule has 2 nitrogen and oxygen atoms in total. The molecule has 0 saturated carbocycles. The van der Waals surface area contributed by atoms with Crippen LogP contribution in [0.5, 0.6) is 0 Å². The van der Waals surface area contributed by atoms with Gasteiger partial charge in [0.05, 0.1) is 6.33 Å². The average Bonchev–Trinajstić information content (AvgIpc) is 2.13. The zero-order valence-corrected chi connectivity index (χ0v) is 8.37. The Hall–Kier alpha value is -0.0600. The molecule has 0 unspecified atom stereocenters. The molecule has 0 saturated heterocycles. The molecule has 0 radical (unpaired) electrons. The van der Waals surface area contributed by atoms with Crippen molar-refractivity contribution in [1.29, 1.82) is 0 Å². The molecule has 0 bridgehead atoms. The van der Waals surface area contributed by atoms with Crippen LogP contribution in [0.15, 0.2) is 12.5 Å². The van der Waals surface area contributed by atoms with Gasteiger partial charge in [-0.15, -0.1) is 0 Å². The van der Waals surface area contributed by atoms with Crippen molar-refractivity contribution in [2.45, 2.75) is 20.4 Å². The highest BCUT2D eigenvalue weighted by Crippen LogP contribution is 2.02. The Morgan fingerprint density at radius 1 is 1.70 bits per heavy atom. The molecule has 1 rings (SSSR count). The average molecular weight is 250 g/mol. The zero-order chi connectivity index (χ0) is 7.56. The summed E-state index contributed by atoms with van der Waals surface area (Å²) in [4.78, 5) is 4.12. The molecule has 1 aromatic heterocycles. The van der Waals surface area contributed by atoms with Crippen molar-refractivity contribution in [3.63, 3.8) is 0 Å². The minimum atomic E-state index is 0.699. The van der Waals surface area contributed by atoms with E-state index in [4.69, 9.17) is 0 Å². The maximum absolute atomic E-state index is 4.12. The van der Waals surface area contributed by atoms with E-state index in [0.717, 1.165) is 10.2 Å². The smallest absolute Gasteiger partial charge is 0.119 e. The predicted octanol–water partition coefficient (Wildman–Crippen LogP) is 2.14. The maximum Gasteiger partial charge on any atom is 0.119 e. The summed E-state index contributed by atoms with van der Waals surface area (Å²) < 4.78 is 3.19. The number of nitrogens with zero attached hydrogens (tertiary/aromatic N) is 2. The lowest BCUT2D eigenvalue weighted by Gasteiger charge is -2.03. The second-order valence-electron chi connectivity index (χ2n) is 2.79. The fourth-order valence-corrected chi connectivity index (χ4v) is 1.34. The Labute approximate surface area is 74.8 Å². The second kappa shape index (κ2) is 3.37. The molecule has 0 spiro atoms. The number of halogens is 1. The van der Waals surface area contributed by atoms with Crippen LogP contribution in [0, 0.1) is 9.62 Å². The van der Waals surface area contributed by atoms with Crippen LogP contribution in [0.25, 0.3) is 0 Å². The summed E-state index contributed by atoms with van der Waals surface area (Å²) in [5.74, 6) is 0.699. The molecular formula is C7H11IN2. The molecule has 0 aliphatic carbocycles. The van der Waals surface area contributed by atoms with Crippen molar-refractivity contribution in [3.8, 4) is 0 Å². The minimum absolute atomic E-state index is 0.699. The molecule has 56 valence electrons. The van der Waals surface area contributed by atoms with E-state index in [9.17, 15) is 0 Å². The highest BCUT2D eigenvalue weighted by Gasteiger charge is 1.96. The van der Waals surface area contributed by atoms with Crippen LogP contribution >= 0.6 is 22.6 Å². The van der Waals surface area contributed by atoms with E-state index < -0.39 is 0 Å². The largest absolute Gasteiger partial charge is 0.336 e. The lowest BCUT2D eigenvalue weighted by Crippen LogP contribution is -2.00. The van der Waals surface area contributed by atoms with Crippen LogP contribution in [-0.4, -0.2) is 9.55 Å². The van der Waals surface area contributed by atoms with Gasteiger partial charge in [0.25, 0.3) is 0 Å². The normalized spacial score (nSPS) is 10.8. The first-order valence-electron chi connectivity index (χ1n) is 3.36. The molecule has 0 atom stereocenters. The van der Waals surface area contributed by atoms with E-state index in [1.165, 1.54) is 0 Å². The number of hydrogen-bond acceptors (Lipinski definition) is 1. The minimum Gasteiger partial charge on any atom is -0.336 e. The number of hydrogen-bond donors (Lipinski definition) is 0. The van der Waals surface area contributed by atoms with E-state index in [0.29, 0.717) is 5.92 Å². The molecule has 10 heavy (non-hydrogen) atoms. The number of aromatic nitrogens is 2. The number of rotatable bonds is 2. The maximum atomic E-state index is 4.12. The first-order chi connectivity index (χ1) is 4.68. The van der Waals surface area contributed by atoms with Crippen molar-refractivity contribution in [2.24, 2.45) is 5.92 Å². The van der Waals surface area contributed by atoms with Gasteiger partial charge in [-0.3, -0.25) is 0 Å². The Bertz CT molecular complexity index is 205. The first-order valence-corrected chi connectivity index (χ1v) is 4.43. The Balaban J connectivity index is 2.58. The molecule has 0 amide bonds. The van der Waals surface area contributed by atoms with E-state index in [-0.39, 0.29) is 0 Å². The summed E-state index contributed by atoms with van der Waals surface area (Å²) in [5, 5.41) is 0. The van der Waals surface area contributed by atoms with Gasteiger partial charge in [0.2, 0.25) is 0 Å². The summed E-state index contributed by atoms with van der Waals surface area (Å²) in [5.41, 5.74) is 0. The summed E-state index contributed by atoms with van der Waals surface area (Å²) in [7, 11) is 0. The SMILES string of the molecule is CC(C)Cn1cnc(I)c1. The van der Waals surface area contributed by atoms with E-state index in [1.807, 2.05) is 6.33 Å². The summed E-state index contributed by atoms with van der Waals surface area (Å²) in [6.45, 7) is 5.47. The van der Waals surface area contributed by atoms with Crippen molar-refractivity contribution in [2.75, 3.05) is 0 Å². The number of imidazole rings is 1. The fourth-order valence-electron chi connectivity index (χ4n) is 0.854. The molecule has 0 fully saturated rings. The fraction of sp³-hybridized carbons (Fsp3) is 0.571. The van der Waals surface area contributed by atoms with Crippen molar-refractivity contribution >= 4 is 22.6 Å². The van der Waals surface area contributed by atoms with Gasteiger partial charge in [-0.25, -0.2) is 4.98 Å². The van der Waals surface area contributed by atoms with Gasteiger partial charge in [-0.1, -0.05) is 13.8 Å². The van der Waals surface area contributed by atoms with Gasteiger partial charge in [0.1, 0.15) is 3.70 Å². The predicted molar refractivity (Wildman–Crippen MR) is 49.8 cm³/mol. The molecule has 0 aliphatic rings. The summed E-state index contributed by atoms with van der Waals surface area (Å²) in [6, 6.07) is 0. The van der Waals surface area contributed by atoms with Gasteiger partial charge < -0.3 is 4.57 Å². The molecule has 1 heterocycles. The van der Waals surface area contributed by atoms with Gasteiger partial charge in [0, 0.05) is 12.7 Å². The van der Waals surface area contributed by atoms with Gasteiger partial charge in [0.15, 0.2) is 0 Å². The topological polar surface area (TPSA) is 17.8 Å². The zero-order valence-electron chi connectivity index (χ0n) is 6.21. The van der Waals surface area contributed by atoms with Gasteiger partial charge >= 0.3 is 0 Å². The third-order valence-corrected chi connectivity index (χ3v) is 1.73. The van der Waals surface area contributed by atoms with Crippen LogP contribution in [0.4, 0.5) is 0 Å². The van der Waals surface area contributed by atoms with Gasteiger partial charge in [-0.2, -0.15) is 0 Å². The van der Waals surface area contributed by atoms with Crippen LogP contribution in [0.2, 0.25) is 0 Å². The van der Waals surface area contributed by atoms with Crippen LogP contribution in [-0.2, 0) is 6.54 Å². The van der Waals surface area contributed by atoms with Gasteiger partial charge in [-0.05, 0) is 28.5 Å². The molecule has 0 aliphatic heterocycles. The van der Waals surface area contributed by atoms with Crippen LogP contribution in [0.3, 0.4) is 0 Å². The summed E-state index contributed by atoms with van der Waals surface area (Å²) >= 11 is 2.22. The van der Waals surface area contributed by atoms with Crippen molar-refractivity contribution in [1.82, 2.24) is 9.55 Å².